The Morgan fingerprint density at radius 1 is 1.47 bits per heavy atom. The number of rotatable bonds is 3. The number of amides is 1. The lowest BCUT2D eigenvalue weighted by Gasteiger charge is -2.25. The maximum atomic E-state index is 11.6. The van der Waals surface area contributed by atoms with Crippen LogP contribution in [0.5, 0.6) is 0 Å². The Balaban J connectivity index is 2.11. The lowest BCUT2D eigenvalue weighted by Crippen LogP contribution is -2.92. The van der Waals surface area contributed by atoms with E-state index in [9.17, 15) is 4.79 Å². The third kappa shape index (κ3) is 2.67. The van der Waals surface area contributed by atoms with Crippen molar-refractivity contribution in [2.75, 3.05) is 7.05 Å². The van der Waals surface area contributed by atoms with Crippen LogP contribution in [0.25, 0.3) is 0 Å². The number of nitrogens with one attached hydrogen (secondary N) is 1. The van der Waals surface area contributed by atoms with Gasteiger partial charge < -0.3 is 10.6 Å². The van der Waals surface area contributed by atoms with Crippen LogP contribution >= 0.6 is 0 Å². The number of hydrogen-bond acceptors (Lipinski definition) is 1. The molecule has 0 heterocycles. The summed E-state index contributed by atoms with van der Waals surface area (Å²) in [4.78, 5) is 11.6. The van der Waals surface area contributed by atoms with Crippen LogP contribution in [-0.2, 0) is 11.2 Å². The first kappa shape index (κ1) is 12.1. The third-order valence-electron chi connectivity index (χ3n) is 3.60. The normalized spacial score (nSPS) is 20.5. The molecule has 0 radical (unpaired) electrons. The number of nitrogens with two attached hydrogens (primary N) is 1. The molecule has 0 unspecified atom stereocenters. The van der Waals surface area contributed by atoms with Crippen molar-refractivity contribution in [1.29, 1.82) is 0 Å². The molecule has 1 aliphatic rings. The zero-order valence-electron chi connectivity index (χ0n) is 10.6. The maximum absolute atomic E-state index is 11.6. The van der Waals surface area contributed by atoms with Crippen molar-refractivity contribution >= 4 is 5.91 Å². The molecule has 0 aromatic heterocycles. The fraction of sp³-hybridized carbons (Fsp3) is 0.500. The monoisotopic (exact) mass is 233 g/mol. The summed E-state index contributed by atoms with van der Waals surface area (Å²) in [7, 11) is 1.70. The minimum absolute atomic E-state index is 0.0174. The molecule has 92 valence electrons. The van der Waals surface area contributed by atoms with E-state index in [2.05, 4.69) is 34.9 Å². The fourth-order valence-electron chi connectivity index (χ4n) is 2.65. The largest absolute Gasteiger partial charge is 0.354 e. The number of fused-ring (bicyclic) bond motifs is 1. The highest BCUT2D eigenvalue weighted by molar-refractivity contribution is 5.79. The van der Waals surface area contributed by atoms with E-state index in [4.69, 9.17) is 0 Å². The second-order valence-corrected chi connectivity index (χ2v) is 4.79. The van der Waals surface area contributed by atoms with E-state index in [1.54, 1.807) is 7.05 Å². The van der Waals surface area contributed by atoms with Crippen molar-refractivity contribution in [3.05, 3.63) is 35.4 Å². The molecule has 3 nitrogen and oxygen atoms in total. The summed E-state index contributed by atoms with van der Waals surface area (Å²) in [5.41, 5.74) is 2.86. The van der Waals surface area contributed by atoms with E-state index in [0.29, 0.717) is 6.04 Å². The van der Waals surface area contributed by atoms with E-state index in [-0.39, 0.29) is 11.9 Å². The molecule has 0 aliphatic heterocycles. The highest BCUT2D eigenvalue weighted by atomic mass is 16.2. The first-order valence-electron chi connectivity index (χ1n) is 6.36. The van der Waals surface area contributed by atoms with Gasteiger partial charge in [0.15, 0.2) is 6.04 Å². The molecule has 2 atom stereocenters. The van der Waals surface area contributed by atoms with Crippen molar-refractivity contribution in [3.8, 4) is 0 Å². The summed E-state index contributed by atoms with van der Waals surface area (Å²) >= 11 is 0. The van der Waals surface area contributed by atoms with E-state index < -0.39 is 0 Å². The molecule has 3 N–H and O–H groups in total. The van der Waals surface area contributed by atoms with E-state index in [1.807, 2.05) is 6.92 Å². The summed E-state index contributed by atoms with van der Waals surface area (Å²) in [6.45, 7) is 1.97. The van der Waals surface area contributed by atoms with E-state index >= 15 is 0 Å². The van der Waals surface area contributed by atoms with Crippen LogP contribution < -0.4 is 10.6 Å². The molecule has 1 aromatic carbocycles. The molecule has 3 heteroatoms. The summed E-state index contributed by atoms with van der Waals surface area (Å²) in [5.74, 6) is 0.105. The lowest BCUT2D eigenvalue weighted by molar-refractivity contribution is -0.714. The summed E-state index contributed by atoms with van der Waals surface area (Å²) < 4.78 is 0. The Kier molecular flexibility index (Phi) is 3.79. The van der Waals surface area contributed by atoms with Crippen LogP contribution in [0.2, 0.25) is 0 Å². The molecule has 17 heavy (non-hydrogen) atoms. The Labute approximate surface area is 103 Å². The van der Waals surface area contributed by atoms with Crippen molar-refractivity contribution in [2.24, 2.45) is 0 Å². The Morgan fingerprint density at radius 2 is 2.24 bits per heavy atom. The predicted octanol–water partition coefficient (Wildman–Crippen LogP) is 0.762. The van der Waals surface area contributed by atoms with Gasteiger partial charge in [-0.2, -0.15) is 0 Å². The molecule has 0 spiro atoms. The summed E-state index contributed by atoms with van der Waals surface area (Å²) in [6.07, 6.45) is 3.56. The zero-order chi connectivity index (χ0) is 12.3. The Bertz CT molecular complexity index is 403. The van der Waals surface area contributed by atoms with Crippen LogP contribution in [0.3, 0.4) is 0 Å². The fourth-order valence-corrected chi connectivity index (χ4v) is 2.65. The highest BCUT2D eigenvalue weighted by Crippen LogP contribution is 2.26. The topological polar surface area (TPSA) is 45.7 Å². The molecule has 1 amide bonds. The smallest absolute Gasteiger partial charge is 0.277 e. The lowest BCUT2D eigenvalue weighted by atomic mass is 9.87. The van der Waals surface area contributed by atoms with Crippen molar-refractivity contribution in [1.82, 2.24) is 5.32 Å². The summed E-state index contributed by atoms with van der Waals surface area (Å²) in [6, 6.07) is 9.02. The van der Waals surface area contributed by atoms with Crippen molar-refractivity contribution in [3.63, 3.8) is 0 Å². The molecule has 1 aliphatic carbocycles. The van der Waals surface area contributed by atoms with Gasteiger partial charge in [-0.3, -0.25) is 4.79 Å². The number of aryl methyl sites for hydroxylation is 1. The number of carbonyl (C=O) groups is 1. The van der Waals surface area contributed by atoms with Gasteiger partial charge in [0.05, 0.1) is 0 Å². The third-order valence-corrected chi connectivity index (χ3v) is 3.60. The van der Waals surface area contributed by atoms with Gasteiger partial charge in [0.25, 0.3) is 5.91 Å². The average molecular weight is 233 g/mol. The van der Waals surface area contributed by atoms with Crippen molar-refractivity contribution in [2.45, 2.75) is 38.3 Å². The molecular formula is C14H21N2O+. The van der Waals surface area contributed by atoms with Gasteiger partial charge in [-0.1, -0.05) is 24.3 Å². The first-order valence-corrected chi connectivity index (χ1v) is 6.36. The Morgan fingerprint density at radius 3 is 3.00 bits per heavy atom. The molecular weight excluding hydrogens is 212 g/mol. The number of hydrogen-bond donors (Lipinski definition) is 2. The van der Waals surface area contributed by atoms with Crippen LogP contribution in [-0.4, -0.2) is 19.0 Å². The van der Waals surface area contributed by atoms with E-state index in [0.717, 1.165) is 0 Å². The molecule has 1 aromatic rings. The molecule has 0 saturated heterocycles. The van der Waals surface area contributed by atoms with Gasteiger partial charge in [0.1, 0.15) is 6.04 Å². The average Bonchev–Trinajstić information content (AvgIpc) is 2.38. The zero-order valence-corrected chi connectivity index (χ0v) is 10.6. The van der Waals surface area contributed by atoms with Gasteiger partial charge >= 0.3 is 0 Å². The number of quaternary nitrogens is 1. The SMILES string of the molecule is CNC(=O)[C@@H](C)[NH2+][C@@H]1CCCc2ccccc21. The van der Waals surface area contributed by atoms with E-state index in [1.165, 1.54) is 30.4 Å². The Hall–Kier alpha value is -1.35. The van der Waals surface area contributed by atoms with Gasteiger partial charge in [0.2, 0.25) is 0 Å². The number of likely N-dealkylation sites (N-methyl/N-ethyl adjacent to an activating group) is 1. The minimum Gasteiger partial charge on any atom is -0.354 e. The number of benzene rings is 1. The van der Waals surface area contributed by atoms with Crippen LogP contribution in [0.1, 0.15) is 36.9 Å². The standard InChI is InChI=1S/C14H20N2O/c1-10(14(17)15-2)16-13-9-5-7-11-6-3-4-8-12(11)13/h3-4,6,8,10,13,16H,5,7,9H2,1-2H3,(H,15,17)/p+1/t10-,13-/m1/s1. The van der Waals surface area contributed by atoms with Gasteiger partial charge in [-0.25, -0.2) is 0 Å². The maximum Gasteiger partial charge on any atom is 0.277 e. The first-order chi connectivity index (χ1) is 8.22. The quantitative estimate of drug-likeness (QED) is 0.795. The molecule has 2 rings (SSSR count). The second kappa shape index (κ2) is 5.32. The minimum atomic E-state index is -0.0174. The predicted molar refractivity (Wildman–Crippen MR) is 67.6 cm³/mol. The van der Waals surface area contributed by atoms with Crippen LogP contribution in [0.4, 0.5) is 0 Å². The number of carbonyl (C=O) groups excluding carboxylic acids is 1. The molecule has 0 saturated carbocycles. The highest BCUT2D eigenvalue weighted by Gasteiger charge is 2.26. The molecule has 0 bridgehead atoms. The van der Waals surface area contributed by atoms with Crippen LogP contribution in [0, 0.1) is 0 Å². The van der Waals surface area contributed by atoms with Crippen molar-refractivity contribution < 1.29 is 10.1 Å². The summed E-state index contributed by atoms with van der Waals surface area (Å²) in [5, 5.41) is 4.90. The second-order valence-electron chi connectivity index (χ2n) is 4.79. The van der Waals surface area contributed by atoms with Crippen LogP contribution in [0.15, 0.2) is 24.3 Å². The van der Waals surface area contributed by atoms with Gasteiger partial charge in [0, 0.05) is 19.0 Å². The molecule has 0 fully saturated rings. The van der Waals surface area contributed by atoms with Gasteiger partial charge in [-0.15, -0.1) is 0 Å². The van der Waals surface area contributed by atoms with Gasteiger partial charge in [-0.05, 0) is 25.3 Å².